The average Bonchev–Trinajstić information content (AvgIpc) is 3.27. The third kappa shape index (κ3) is 5.20. The molecular formula is C28H26N6O3. The fourth-order valence-electron chi connectivity index (χ4n) is 3.99. The zero-order valence-corrected chi connectivity index (χ0v) is 20.5. The van der Waals surface area contributed by atoms with Gasteiger partial charge in [0.05, 0.1) is 12.8 Å². The van der Waals surface area contributed by atoms with E-state index in [9.17, 15) is 9.59 Å². The molecule has 2 aromatic heterocycles. The molecule has 5 rings (SSSR count). The molecule has 37 heavy (non-hydrogen) atoms. The number of nitrogens with one attached hydrogen (secondary N) is 2. The maximum Gasteiger partial charge on any atom is 0.329 e. The number of ether oxygens (including phenoxy) is 1. The highest BCUT2D eigenvalue weighted by Crippen LogP contribution is 2.19. The largest absolute Gasteiger partial charge is 0.489 e. The molecule has 0 atom stereocenters. The third-order valence-electron chi connectivity index (χ3n) is 6.10. The summed E-state index contributed by atoms with van der Waals surface area (Å²) < 4.78 is 8.88. The van der Waals surface area contributed by atoms with Crippen LogP contribution in [0.5, 0.6) is 5.75 Å². The van der Waals surface area contributed by atoms with Gasteiger partial charge in [-0.3, -0.25) is 18.9 Å². The first kappa shape index (κ1) is 23.8. The number of benzene rings is 3. The number of imidazole rings is 1. The molecule has 9 heteroatoms. The summed E-state index contributed by atoms with van der Waals surface area (Å²) in [5, 5.41) is 4.34. The smallest absolute Gasteiger partial charge is 0.329 e. The first-order valence-electron chi connectivity index (χ1n) is 11.8. The Morgan fingerprint density at radius 1 is 1.00 bits per heavy atom. The molecule has 186 valence electrons. The number of hydrogen-bond donors (Lipinski definition) is 2. The van der Waals surface area contributed by atoms with E-state index in [2.05, 4.69) is 20.5 Å². The van der Waals surface area contributed by atoms with Gasteiger partial charge in [-0.15, -0.1) is 0 Å². The summed E-state index contributed by atoms with van der Waals surface area (Å²) in [5.74, 6) is 1.11. The molecule has 3 aromatic carbocycles. The first-order chi connectivity index (χ1) is 18.0. The van der Waals surface area contributed by atoms with Crippen LogP contribution < -0.4 is 21.4 Å². The van der Waals surface area contributed by atoms with Gasteiger partial charge < -0.3 is 4.74 Å². The maximum atomic E-state index is 12.7. The number of hydrazone groups is 1. The van der Waals surface area contributed by atoms with Gasteiger partial charge in [0, 0.05) is 7.05 Å². The van der Waals surface area contributed by atoms with Crippen LogP contribution in [-0.2, 0) is 20.2 Å². The number of nitrogens with zero attached hydrogens (tertiary/aromatic N) is 4. The Kier molecular flexibility index (Phi) is 6.67. The molecule has 0 bridgehead atoms. The SMILES string of the molecule is Cc1ccccc1Cn1c(N/N=C/c2ccc(OCc3ccccc3)cc2)nc2c1c(=O)[nH]c(=O)n2C. The lowest BCUT2D eigenvalue weighted by molar-refractivity contribution is 0.306. The molecular weight excluding hydrogens is 468 g/mol. The standard InChI is InChI=1S/C28H26N6O3/c1-19-8-6-7-11-22(19)17-34-24-25(33(2)28(36)31-26(24)35)30-27(34)32-29-16-20-12-14-23(15-13-20)37-18-21-9-4-3-5-10-21/h3-16H,17-18H2,1-2H3,(H,30,32)(H,31,35,36)/b29-16+. The number of hydrogen-bond acceptors (Lipinski definition) is 6. The topological polar surface area (TPSA) is 106 Å². The number of H-pyrrole nitrogens is 1. The fourth-order valence-corrected chi connectivity index (χ4v) is 3.99. The molecule has 9 nitrogen and oxygen atoms in total. The molecule has 0 saturated carbocycles. The van der Waals surface area contributed by atoms with Crippen LogP contribution in [0.2, 0.25) is 0 Å². The van der Waals surface area contributed by atoms with Gasteiger partial charge in [-0.25, -0.2) is 10.2 Å². The highest BCUT2D eigenvalue weighted by atomic mass is 16.5. The summed E-state index contributed by atoms with van der Waals surface area (Å²) in [6, 6.07) is 25.4. The monoisotopic (exact) mass is 494 g/mol. The van der Waals surface area contributed by atoms with E-state index in [-0.39, 0.29) is 5.65 Å². The number of rotatable bonds is 8. The predicted molar refractivity (Wildman–Crippen MR) is 144 cm³/mol. The van der Waals surface area contributed by atoms with Crippen molar-refractivity contribution in [2.24, 2.45) is 12.1 Å². The van der Waals surface area contributed by atoms with Gasteiger partial charge in [-0.05, 0) is 53.4 Å². The Morgan fingerprint density at radius 3 is 2.49 bits per heavy atom. The minimum absolute atomic E-state index is 0.278. The van der Waals surface area contributed by atoms with E-state index in [4.69, 9.17) is 4.74 Å². The lowest BCUT2D eigenvalue weighted by Gasteiger charge is -2.10. The van der Waals surface area contributed by atoms with E-state index in [1.165, 1.54) is 4.57 Å². The summed E-state index contributed by atoms with van der Waals surface area (Å²) in [4.78, 5) is 31.7. The lowest BCUT2D eigenvalue weighted by atomic mass is 10.1. The third-order valence-corrected chi connectivity index (χ3v) is 6.10. The summed E-state index contributed by atoms with van der Waals surface area (Å²) in [6.07, 6.45) is 1.65. The van der Waals surface area contributed by atoms with Crippen LogP contribution in [0.1, 0.15) is 22.3 Å². The second-order valence-corrected chi connectivity index (χ2v) is 8.65. The van der Waals surface area contributed by atoms with Crippen molar-refractivity contribution < 1.29 is 4.74 Å². The predicted octanol–water partition coefficient (Wildman–Crippen LogP) is 3.81. The molecule has 0 unspecified atom stereocenters. The number of aromatic nitrogens is 4. The summed E-state index contributed by atoms with van der Waals surface area (Å²) >= 11 is 0. The maximum absolute atomic E-state index is 12.7. The molecule has 0 aliphatic carbocycles. The molecule has 2 heterocycles. The molecule has 0 fully saturated rings. The van der Waals surface area contributed by atoms with Gasteiger partial charge in [0.2, 0.25) is 5.95 Å². The van der Waals surface area contributed by atoms with Crippen LogP contribution >= 0.6 is 0 Å². The Labute approximate surface area is 212 Å². The van der Waals surface area contributed by atoms with Crippen LogP contribution in [0, 0.1) is 6.92 Å². The van der Waals surface area contributed by atoms with Crippen LogP contribution in [0.4, 0.5) is 5.95 Å². The summed E-state index contributed by atoms with van der Waals surface area (Å²) in [7, 11) is 1.57. The van der Waals surface area contributed by atoms with Crippen molar-refractivity contribution in [3.05, 3.63) is 122 Å². The van der Waals surface area contributed by atoms with E-state index in [0.29, 0.717) is 24.6 Å². The minimum Gasteiger partial charge on any atom is -0.489 e. The Balaban J connectivity index is 1.38. The average molecular weight is 495 g/mol. The Hall–Kier alpha value is -4.92. The Morgan fingerprint density at radius 2 is 1.73 bits per heavy atom. The van der Waals surface area contributed by atoms with Crippen LogP contribution in [-0.4, -0.2) is 25.3 Å². The van der Waals surface area contributed by atoms with Crippen molar-refractivity contribution in [3.63, 3.8) is 0 Å². The van der Waals surface area contributed by atoms with Crippen molar-refractivity contribution in [2.75, 3.05) is 5.43 Å². The second kappa shape index (κ2) is 10.4. The highest BCUT2D eigenvalue weighted by Gasteiger charge is 2.18. The molecule has 0 saturated heterocycles. The van der Waals surface area contributed by atoms with Crippen molar-refractivity contribution in [3.8, 4) is 5.75 Å². The lowest BCUT2D eigenvalue weighted by Crippen LogP contribution is -2.29. The molecule has 2 N–H and O–H groups in total. The molecule has 0 aliphatic heterocycles. The van der Waals surface area contributed by atoms with Gasteiger partial charge in [0.1, 0.15) is 12.4 Å². The molecule has 0 aliphatic rings. The second-order valence-electron chi connectivity index (χ2n) is 8.65. The van der Waals surface area contributed by atoms with Gasteiger partial charge in [-0.1, -0.05) is 54.6 Å². The number of aryl methyl sites for hydroxylation is 2. The number of aromatic amines is 1. The van der Waals surface area contributed by atoms with Crippen LogP contribution in [0.15, 0.2) is 93.6 Å². The van der Waals surface area contributed by atoms with Crippen molar-refractivity contribution in [2.45, 2.75) is 20.1 Å². The zero-order chi connectivity index (χ0) is 25.8. The van der Waals surface area contributed by atoms with E-state index >= 15 is 0 Å². The molecule has 0 spiro atoms. The summed E-state index contributed by atoms with van der Waals surface area (Å²) in [6.45, 7) is 2.89. The quantitative estimate of drug-likeness (QED) is 0.252. The van der Waals surface area contributed by atoms with Gasteiger partial charge >= 0.3 is 5.69 Å². The summed E-state index contributed by atoms with van der Waals surface area (Å²) in [5.41, 5.74) is 6.55. The van der Waals surface area contributed by atoms with Crippen molar-refractivity contribution >= 4 is 23.3 Å². The molecule has 0 radical (unpaired) electrons. The zero-order valence-electron chi connectivity index (χ0n) is 20.5. The fraction of sp³-hybridized carbons (Fsp3) is 0.143. The van der Waals surface area contributed by atoms with Crippen LogP contribution in [0.3, 0.4) is 0 Å². The van der Waals surface area contributed by atoms with Crippen molar-refractivity contribution in [1.29, 1.82) is 0 Å². The Bertz CT molecular complexity index is 1680. The van der Waals surface area contributed by atoms with Crippen LogP contribution in [0.25, 0.3) is 11.2 Å². The van der Waals surface area contributed by atoms with Gasteiger partial charge in [0.15, 0.2) is 11.2 Å². The number of anilines is 1. The van der Waals surface area contributed by atoms with E-state index in [0.717, 1.165) is 28.0 Å². The van der Waals surface area contributed by atoms with Gasteiger partial charge in [0.25, 0.3) is 5.56 Å². The van der Waals surface area contributed by atoms with E-state index < -0.39 is 11.2 Å². The number of fused-ring (bicyclic) bond motifs is 1. The minimum atomic E-state index is -0.525. The molecule has 5 aromatic rings. The van der Waals surface area contributed by atoms with Crippen molar-refractivity contribution in [1.82, 2.24) is 19.1 Å². The molecule has 0 amide bonds. The van der Waals surface area contributed by atoms with E-state index in [1.807, 2.05) is 85.8 Å². The van der Waals surface area contributed by atoms with Gasteiger partial charge in [-0.2, -0.15) is 10.1 Å². The first-order valence-corrected chi connectivity index (χ1v) is 11.8. The van der Waals surface area contributed by atoms with E-state index in [1.54, 1.807) is 17.8 Å². The normalized spacial score (nSPS) is 11.3. The highest BCUT2D eigenvalue weighted by molar-refractivity contribution is 5.80.